The van der Waals surface area contributed by atoms with Gasteiger partial charge in [-0.05, 0) is 63.0 Å². The number of halogens is 1. The minimum absolute atomic E-state index is 0.826. The summed E-state index contributed by atoms with van der Waals surface area (Å²) in [7, 11) is 0. The van der Waals surface area contributed by atoms with E-state index in [1.165, 1.54) is 21.9 Å². The van der Waals surface area contributed by atoms with Gasteiger partial charge in [0.2, 0.25) is 0 Å². The maximum Gasteiger partial charge on any atom is 0.0487 e. The van der Waals surface area contributed by atoms with E-state index in [4.69, 9.17) is 0 Å². The first-order valence-electron chi connectivity index (χ1n) is 6.70. The number of aryl methyl sites for hydroxylation is 1. The summed E-state index contributed by atoms with van der Waals surface area (Å²) in [5.41, 5.74) is 3.67. The average Bonchev–Trinajstić information content (AvgIpc) is 2.46. The third-order valence-corrected chi connectivity index (χ3v) is 4.08. The van der Waals surface area contributed by atoms with Gasteiger partial charge in [-0.1, -0.05) is 42.5 Å². The lowest BCUT2D eigenvalue weighted by Gasteiger charge is -2.10. The molecule has 0 radical (unpaired) electrons. The van der Waals surface area contributed by atoms with E-state index in [2.05, 4.69) is 88.8 Å². The number of anilines is 1. The summed E-state index contributed by atoms with van der Waals surface area (Å²) in [6.07, 6.45) is 0. The number of hydrogen-bond acceptors (Lipinski definition) is 1. The third kappa shape index (κ3) is 2.86. The van der Waals surface area contributed by atoms with Gasteiger partial charge < -0.3 is 5.32 Å². The molecule has 0 spiro atoms. The Morgan fingerprint density at radius 3 is 2.50 bits per heavy atom. The first-order chi connectivity index (χ1) is 9.72. The Morgan fingerprint density at radius 2 is 1.70 bits per heavy atom. The summed E-state index contributed by atoms with van der Waals surface area (Å²) in [6, 6.07) is 21.4. The van der Waals surface area contributed by atoms with Gasteiger partial charge >= 0.3 is 0 Å². The molecule has 1 N–H and O–H groups in total. The number of hydrogen-bond donors (Lipinski definition) is 1. The lowest BCUT2D eigenvalue weighted by atomic mass is 10.1. The molecule has 0 saturated heterocycles. The molecule has 0 aromatic heterocycles. The van der Waals surface area contributed by atoms with Gasteiger partial charge in [0.1, 0.15) is 0 Å². The smallest absolute Gasteiger partial charge is 0.0487 e. The van der Waals surface area contributed by atoms with Crippen LogP contribution in [0.5, 0.6) is 0 Å². The maximum absolute atomic E-state index is 3.60. The fraction of sp³-hybridized carbons (Fsp3) is 0.111. The molecule has 0 atom stereocenters. The molecule has 0 saturated carbocycles. The van der Waals surface area contributed by atoms with Crippen LogP contribution in [0.25, 0.3) is 10.8 Å². The Hall–Kier alpha value is -1.80. The first-order valence-corrected chi connectivity index (χ1v) is 7.49. The predicted molar refractivity (Wildman–Crippen MR) is 90.2 cm³/mol. The minimum atomic E-state index is 0.826. The van der Waals surface area contributed by atoms with Crippen molar-refractivity contribution in [2.75, 3.05) is 5.32 Å². The van der Waals surface area contributed by atoms with Crippen LogP contribution in [-0.4, -0.2) is 0 Å². The van der Waals surface area contributed by atoms with Crippen molar-refractivity contribution in [1.29, 1.82) is 0 Å². The maximum atomic E-state index is 3.60. The second-order valence-electron chi connectivity index (χ2n) is 5.02. The first kappa shape index (κ1) is 13.2. The lowest BCUT2D eigenvalue weighted by Crippen LogP contribution is -2.00. The molecule has 0 unspecified atom stereocenters. The van der Waals surface area contributed by atoms with Crippen molar-refractivity contribution in [2.45, 2.75) is 13.5 Å². The molecular formula is C18H16BrN. The van der Waals surface area contributed by atoms with Gasteiger partial charge in [0, 0.05) is 16.7 Å². The molecule has 0 aliphatic carbocycles. The van der Waals surface area contributed by atoms with Crippen LogP contribution in [0.3, 0.4) is 0 Å². The van der Waals surface area contributed by atoms with Crippen LogP contribution in [0.4, 0.5) is 5.69 Å². The van der Waals surface area contributed by atoms with Gasteiger partial charge in [-0.25, -0.2) is 0 Å². The molecule has 0 heterocycles. The Morgan fingerprint density at radius 1 is 0.900 bits per heavy atom. The van der Waals surface area contributed by atoms with Crippen LogP contribution in [-0.2, 0) is 6.54 Å². The van der Waals surface area contributed by atoms with E-state index in [-0.39, 0.29) is 0 Å². The monoisotopic (exact) mass is 325 g/mol. The fourth-order valence-corrected chi connectivity index (χ4v) is 2.94. The third-order valence-electron chi connectivity index (χ3n) is 3.42. The van der Waals surface area contributed by atoms with Gasteiger partial charge in [-0.3, -0.25) is 0 Å². The molecule has 20 heavy (non-hydrogen) atoms. The molecule has 3 aromatic carbocycles. The fourth-order valence-electron chi connectivity index (χ4n) is 2.31. The second-order valence-corrected chi connectivity index (χ2v) is 5.87. The predicted octanol–water partition coefficient (Wildman–Crippen LogP) is 5.52. The highest BCUT2D eigenvalue weighted by Gasteiger charge is 2.00. The van der Waals surface area contributed by atoms with Crippen molar-refractivity contribution in [3.8, 4) is 0 Å². The highest BCUT2D eigenvalue weighted by Crippen LogP contribution is 2.24. The molecule has 0 aliphatic heterocycles. The van der Waals surface area contributed by atoms with Gasteiger partial charge in [-0.15, -0.1) is 0 Å². The van der Waals surface area contributed by atoms with Gasteiger partial charge in [0.25, 0.3) is 0 Å². The Kier molecular flexibility index (Phi) is 3.75. The molecule has 3 rings (SSSR count). The average molecular weight is 326 g/mol. The Bertz CT molecular complexity index is 749. The van der Waals surface area contributed by atoms with Crippen molar-refractivity contribution >= 4 is 32.4 Å². The Labute approximate surface area is 127 Å². The zero-order chi connectivity index (χ0) is 13.9. The normalized spacial score (nSPS) is 10.7. The summed E-state index contributed by atoms with van der Waals surface area (Å²) in [6.45, 7) is 2.92. The molecule has 0 amide bonds. The standard InChI is InChI=1S/C18H16BrN/c1-13-6-9-18(17(19)10-13)20-12-14-7-8-15-4-2-3-5-16(15)11-14/h2-11,20H,12H2,1H3. The van der Waals surface area contributed by atoms with Crippen LogP contribution in [0.1, 0.15) is 11.1 Å². The quantitative estimate of drug-likeness (QED) is 0.668. The van der Waals surface area contributed by atoms with E-state index >= 15 is 0 Å². The van der Waals surface area contributed by atoms with Crippen molar-refractivity contribution in [3.63, 3.8) is 0 Å². The van der Waals surface area contributed by atoms with Gasteiger partial charge in [-0.2, -0.15) is 0 Å². The summed E-state index contributed by atoms with van der Waals surface area (Å²) in [5.74, 6) is 0. The molecular weight excluding hydrogens is 310 g/mol. The molecule has 0 bridgehead atoms. The molecule has 0 aliphatic rings. The number of nitrogens with one attached hydrogen (secondary N) is 1. The van der Waals surface area contributed by atoms with Crippen molar-refractivity contribution in [2.24, 2.45) is 0 Å². The zero-order valence-electron chi connectivity index (χ0n) is 11.4. The van der Waals surface area contributed by atoms with Crippen LogP contribution in [0.2, 0.25) is 0 Å². The molecule has 0 fully saturated rings. The van der Waals surface area contributed by atoms with E-state index in [1.807, 2.05) is 0 Å². The Balaban J connectivity index is 1.79. The number of rotatable bonds is 3. The highest BCUT2D eigenvalue weighted by atomic mass is 79.9. The van der Waals surface area contributed by atoms with E-state index < -0.39 is 0 Å². The van der Waals surface area contributed by atoms with E-state index in [0.29, 0.717) is 0 Å². The topological polar surface area (TPSA) is 12.0 Å². The van der Waals surface area contributed by atoms with E-state index in [0.717, 1.165) is 16.7 Å². The van der Waals surface area contributed by atoms with Crippen LogP contribution >= 0.6 is 15.9 Å². The summed E-state index contributed by atoms with van der Waals surface area (Å²) in [4.78, 5) is 0. The summed E-state index contributed by atoms with van der Waals surface area (Å²) >= 11 is 3.60. The summed E-state index contributed by atoms with van der Waals surface area (Å²) in [5, 5.41) is 6.05. The van der Waals surface area contributed by atoms with Gasteiger partial charge in [0.15, 0.2) is 0 Å². The SMILES string of the molecule is Cc1ccc(NCc2ccc3ccccc3c2)c(Br)c1. The van der Waals surface area contributed by atoms with E-state index in [9.17, 15) is 0 Å². The van der Waals surface area contributed by atoms with Crippen molar-refractivity contribution < 1.29 is 0 Å². The van der Waals surface area contributed by atoms with Gasteiger partial charge in [0.05, 0.1) is 0 Å². The minimum Gasteiger partial charge on any atom is -0.380 e. The second kappa shape index (κ2) is 5.68. The molecule has 100 valence electrons. The van der Waals surface area contributed by atoms with Crippen LogP contribution in [0.15, 0.2) is 65.1 Å². The van der Waals surface area contributed by atoms with Crippen molar-refractivity contribution in [1.82, 2.24) is 0 Å². The largest absolute Gasteiger partial charge is 0.380 e. The van der Waals surface area contributed by atoms with Crippen LogP contribution < -0.4 is 5.32 Å². The van der Waals surface area contributed by atoms with Crippen molar-refractivity contribution in [3.05, 3.63) is 76.3 Å². The number of benzene rings is 3. The highest BCUT2D eigenvalue weighted by molar-refractivity contribution is 9.10. The molecule has 2 heteroatoms. The molecule has 3 aromatic rings. The van der Waals surface area contributed by atoms with Crippen LogP contribution in [0, 0.1) is 6.92 Å². The lowest BCUT2D eigenvalue weighted by molar-refractivity contribution is 1.15. The number of fused-ring (bicyclic) bond motifs is 1. The molecule has 1 nitrogen and oxygen atoms in total. The zero-order valence-corrected chi connectivity index (χ0v) is 12.9. The summed E-state index contributed by atoms with van der Waals surface area (Å²) < 4.78 is 1.11. The van der Waals surface area contributed by atoms with E-state index in [1.54, 1.807) is 0 Å².